The van der Waals surface area contributed by atoms with Crippen molar-refractivity contribution in [2.75, 3.05) is 0 Å². The molecule has 0 saturated heterocycles. The minimum atomic E-state index is 0.157. The summed E-state index contributed by atoms with van der Waals surface area (Å²) in [5.41, 5.74) is 1.19. The van der Waals surface area contributed by atoms with Gasteiger partial charge >= 0.3 is 0 Å². The first-order valence-electron chi connectivity index (χ1n) is 6.47. The summed E-state index contributed by atoms with van der Waals surface area (Å²) >= 11 is 5.36. The number of pyridine rings is 1. The van der Waals surface area contributed by atoms with E-state index in [1.54, 1.807) is 12.4 Å². The SMILES string of the molecule is CC(C)C(C)(C)Cn1c(-c2ccncc2)n[nH]c1=S. The number of hydrogen-bond acceptors (Lipinski definition) is 3. The van der Waals surface area contributed by atoms with Crippen molar-refractivity contribution in [1.82, 2.24) is 19.7 Å². The molecule has 0 saturated carbocycles. The second-order valence-corrected chi connectivity index (χ2v) is 6.20. The number of nitrogens with one attached hydrogen (secondary N) is 1. The van der Waals surface area contributed by atoms with Gasteiger partial charge in [0.05, 0.1) is 0 Å². The second kappa shape index (κ2) is 5.25. The molecular formula is C14H20N4S. The van der Waals surface area contributed by atoms with Gasteiger partial charge in [-0.05, 0) is 35.7 Å². The molecular weight excluding hydrogens is 256 g/mol. The van der Waals surface area contributed by atoms with Crippen LogP contribution >= 0.6 is 12.2 Å². The largest absolute Gasteiger partial charge is 0.300 e. The van der Waals surface area contributed by atoms with Gasteiger partial charge in [0.1, 0.15) is 0 Å². The molecule has 1 N–H and O–H groups in total. The molecule has 2 aromatic heterocycles. The number of aromatic amines is 1. The first-order valence-corrected chi connectivity index (χ1v) is 6.88. The Bertz CT molecular complexity index is 595. The van der Waals surface area contributed by atoms with Crippen molar-refractivity contribution >= 4 is 12.2 Å². The minimum absolute atomic E-state index is 0.157. The molecule has 0 bridgehead atoms. The Balaban J connectivity index is 2.42. The summed E-state index contributed by atoms with van der Waals surface area (Å²) in [6.07, 6.45) is 3.54. The zero-order chi connectivity index (χ0) is 14.0. The van der Waals surface area contributed by atoms with Gasteiger partial charge in [0.25, 0.3) is 0 Å². The lowest BCUT2D eigenvalue weighted by Gasteiger charge is -2.30. The highest BCUT2D eigenvalue weighted by Crippen LogP contribution is 2.30. The molecule has 0 aliphatic rings. The number of hydrogen-bond donors (Lipinski definition) is 1. The molecule has 0 spiro atoms. The Kier molecular flexibility index (Phi) is 3.85. The van der Waals surface area contributed by atoms with Crippen LogP contribution in [0.4, 0.5) is 0 Å². The first-order chi connectivity index (χ1) is 8.92. The average Bonchev–Trinajstić information content (AvgIpc) is 2.71. The third-order valence-electron chi connectivity index (χ3n) is 3.83. The highest BCUT2D eigenvalue weighted by molar-refractivity contribution is 7.71. The summed E-state index contributed by atoms with van der Waals surface area (Å²) < 4.78 is 2.74. The van der Waals surface area contributed by atoms with E-state index in [0.717, 1.165) is 17.9 Å². The van der Waals surface area contributed by atoms with E-state index in [2.05, 4.69) is 47.4 Å². The molecule has 0 unspecified atom stereocenters. The van der Waals surface area contributed by atoms with Gasteiger partial charge in [-0.2, -0.15) is 5.10 Å². The van der Waals surface area contributed by atoms with Crippen LogP contribution in [0.1, 0.15) is 27.7 Å². The van der Waals surface area contributed by atoms with E-state index in [1.807, 2.05) is 12.1 Å². The molecule has 0 radical (unpaired) electrons. The lowest BCUT2D eigenvalue weighted by atomic mass is 9.81. The van der Waals surface area contributed by atoms with Gasteiger partial charge in [-0.1, -0.05) is 27.7 Å². The van der Waals surface area contributed by atoms with Crippen LogP contribution < -0.4 is 0 Å². The molecule has 2 rings (SSSR count). The van der Waals surface area contributed by atoms with E-state index in [0.29, 0.717) is 10.7 Å². The fourth-order valence-corrected chi connectivity index (χ4v) is 1.97. The summed E-state index contributed by atoms with van der Waals surface area (Å²) in [6.45, 7) is 9.81. The van der Waals surface area contributed by atoms with Gasteiger partial charge in [-0.15, -0.1) is 0 Å². The van der Waals surface area contributed by atoms with Crippen molar-refractivity contribution in [1.29, 1.82) is 0 Å². The Hall–Kier alpha value is -1.49. The Morgan fingerprint density at radius 2 is 1.95 bits per heavy atom. The molecule has 0 aliphatic carbocycles. The zero-order valence-corrected chi connectivity index (χ0v) is 12.7. The lowest BCUT2D eigenvalue weighted by Crippen LogP contribution is -2.26. The van der Waals surface area contributed by atoms with Crippen molar-refractivity contribution in [2.24, 2.45) is 11.3 Å². The topological polar surface area (TPSA) is 46.5 Å². The molecule has 102 valence electrons. The molecule has 0 amide bonds. The second-order valence-electron chi connectivity index (χ2n) is 5.82. The summed E-state index contributed by atoms with van der Waals surface area (Å²) in [5, 5.41) is 7.24. The van der Waals surface area contributed by atoms with Gasteiger partial charge in [0.15, 0.2) is 10.6 Å². The molecule has 2 aromatic rings. The van der Waals surface area contributed by atoms with Gasteiger partial charge in [-0.3, -0.25) is 14.6 Å². The molecule has 4 nitrogen and oxygen atoms in total. The van der Waals surface area contributed by atoms with E-state index in [9.17, 15) is 0 Å². The van der Waals surface area contributed by atoms with Crippen molar-refractivity contribution in [3.63, 3.8) is 0 Å². The summed E-state index contributed by atoms with van der Waals surface area (Å²) in [7, 11) is 0. The number of H-pyrrole nitrogens is 1. The van der Waals surface area contributed by atoms with Crippen molar-refractivity contribution in [3.05, 3.63) is 29.3 Å². The van der Waals surface area contributed by atoms with E-state index in [4.69, 9.17) is 12.2 Å². The van der Waals surface area contributed by atoms with Crippen LogP contribution in [0.25, 0.3) is 11.4 Å². The average molecular weight is 276 g/mol. The summed E-state index contributed by atoms with van der Waals surface area (Å²) in [5.74, 6) is 1.44. The van der Waals surface area contributed by atoms with Crippen molar-refractivity contribution in [3.8, 4) is 11.4 Å². The van der Waals surface area contributed by atoms with Crippen molar-refractivity contribution in [2.45, 2.75) is 34.2 Å². The molecule has 0 fully saturated rings. The molecule has 19 heavy (non-hydrogen) atoms. The van der Waals surface area contributed by atoms with Crippen LogP contribution in [-0.2, 0) is 6.54 Å². The number of rotatable bonds is 4. The maximum Gasteiger partial charge on any atom is 0.195 e. The zero-order valence-electron chi connectivity index (χ0n) is 11.8. The standard InChI is InChI=1S/C14H20N4S/c1-10(2)14(3,4)9-18-12(16-17-13(18)19)11-5-7-15-8-6-11/h5-8,10H,9H2,1-4H3,(H,17,19). The van der Waals surface area contributed by atoms with E-state index in [-0.39, 0.29) is 5.41 Å². The third-order valence-corrected chi connectivity index (χ3v) is 4.14. The fraction of sp³-hybridized carbons (Fsp3) is 0.500. The minimum Gasteiger partial charge on any atom is -0.300 e. The van der Waals surface area contributed by atoms with E-state index < -0.39 is 0 Å². The Morgan fingerprint density at radius 1 is 1.32 bits per heavy atom. The van der Waals surface area contributed by atoms with Gasteiger partial charge in [0.2, 0.25) is 0 Å². The highest BCUT2D eigenvalue weighted by atomic mass is 32.1. The highest BCUT2D eigenvalue weighted by Gasteiger charge is 2.25. The van der Waals surface area contributed by atoms with Gasteiger partial charge in [-0.25, -0.2) is 0 Å². The van der Waals surface area contributed by atoms with Crippen LogP contribution in [0.15, 0.2) is 24.5 Å². The van der Waals surface area contributed by atoms with Crippen LogP contribution in [0.2, 0.25) is 0 Å². The van der Waals surface area contributed by atoms with Crippen LogP contribution in [0, 0.1) is 16.1 Å². The predicted molar refractivity (Wildman–Crippen MR) is 79.3 cm³/mol. The monoisotopic (exact) mass is 276 g/mol. The lowest BCUT2D eigenvalue weighted by molar-refractivity contribution is 0.210. The molecule has 5 heteroatoms. The van der Waals surface area contributed by atoms with Gasteiger partial charge < -0.3 is 0 Å². The predicted octanol–water partition coefficient (Wildman–Crippen LogP) is 3.68. The maximum absolute atomic E-state index is 5.36. The quantitative estimate of drug-likeness (QED) is 0.866. The van der Waals surface area contributed by atoms with Gasteiger partial charge in [0, 0.05) is 24.5 Å². The van der Waals surface area contributed by atoms with Crippen LogP contribution in [-0.4, -0.2) is 19.7 Å². The van der Waals surface area contributed by atoms with Crippen molar-refractivity contribution < 1.29 is 0 Å². The van der Waals surface area contributed by atoms with E-state index in [1.165, 1.54) is 0 Å². The first kappa shape index (κ1) is 13.9. The molecule has 2 heterocycles. The maximum atomic E-state index is 5.36. The third kappa shape index (κ3) is 2.92. The number of aromatic nitrogens is 4. The van der Waals surface area contributed by atoms with Crippen LogP contribution in [0.3, 0.4) is 0 Å². The smallest absolute Gasteiger partial charge is 0.195 e. The van der Waals surface area contributed by atoms with Crippen LogP contribution in [0.5, 0.6) is 0 Å². The molecule has 0 atom stereocenters. The molecule has 0 aliphatic heterocycles. The Morgan fingerprint density at radius 3 is 2.53 bits per heavy atom. The summed E-state index contributed by atoms with van der Waals surface area (Å²) in [4.78, 5) is 4.04. The number of nitrogens with zero attached hydrogens (tertiary/aromatic N) is 3. The fourth-order valence-electron chi connectivity index (χ4n) is 1.78. The summed E-state index contributed by atoms with van der Waals surface area (Å²) in [6, 6.07) is 3.90. The van der Waals surface area contributed by atoms with E-state index >= 15 is 0 Å². The normalized spacial score (nSPS) is 12.1. The Labute approximate surface area is 118 Å². The molecule has 0 aromatic carbocycles.